The molecule has 9 unspecified atom stereocenters. The molecule has 1 saturated heterocycles. The van der Waals surface area contributed by atoms with Crippen LogP contribution in [0.2, 0.25) is 0 Å². The molecule has 10 heteroatoms. The van der Waals surface area contributed by atoms with Gasteiger partial charge in [-0.3, -0.25) is 0 Å². The first-order chi connectivity index (χ1) is 12.8. The van der Waals surface area contributed by atoms with E-state index in [9.17, 15) is 40.5 Å². The van der Waals surface area contributed by atoms with Gasteiger partial charge in [0.15, 0.2) is 6.29 Å². The van der Waals surface area contributed by atoms with Gasteiger partial charge >= 0.3 is 5.97 Å². The summed E-state index contributed by atoms with van der Waals surface area (Å²) in [5, 5.41) is 68.4. The summed E-state index contributed by atoms with van der Waals surface area (Å²) in [5.41, 5.74) is 0.426. The number of hydrogen-bond acceptors (Lipinski definition) is 9. The Morgan fingerprint density at radius 1 is 1.11 bits per heavy atom. The largest absolute Gasteiger partial charge is 0.478 e. The third-order valence-corrected chi connectivity index (χ3v) is 5.48. The predicted molar refractivity (Wildman–Crippen MR) is 87.1 cm³/mol. The molecule has 0 aromatic carbocycles. The van der Waals surface area contributed by atoms with Gasteiger partial charge in [-0.1, -0.05) is 12.2 Å². The van der Waals surface area contributed by atoms with Crippen molar-refractivity contribution in [2.75, 3.05) is 13.2 Å². The summed E-state index contributed by atoms with van der Waals surface area (Å²) >= 11 is 0. The van der Waals surface area contributed by atoms with Gasteiger partial charge in [-0.15, -0.1) is 0 Å². The fourth-order valence-corrected chi connectivity index (χ4v) is 4.13. The molecule has 0 spiro atoms. The second kappa shape index (κ2) is 7.94. The third-order valence-electron chi connectivity index (χ3n) is 5.48. The molecule has 1 heterocycles. The molecule has 0 aromatic heterocycles. The van der Waals surface area contributed by atoms with Crippen LogP contribution in [0, 0.1) is 11.8 Å². The molecular formula is C17H24O10. The van der Waals surface area contributed by atoms with Crippen LogP contribution in [0.15, 0.2) is 23.3 Å². The number of aliphatic hydroxyl groups excluding tert-OH is 6. The molecule has 0 bridgehead atoms. The van der Waals surface area contributed by atoms with Crippen LogP contribution in [0.4, 0.5) is 0 Å². The predicted octanol–water partition coefficient (Wildman–Crippen LogP) is -2.89. The van der Waals surface area contributed by atoms with Crippen molar-refractivity contribution in [1.82, 2.24) is 0 Å². The SMILES string of the molecule is O=C(O)C1=CCC(OC2OC(CO)C(O)C(O)C2O)C2C(CO)=CC(O)C12. The van der Waals surface area contributed by atoms with Gasteiger partial charge in [-0.05, 0) is 12.0 Å². The fourth-order valence-electron chi connectivity index (χ4n) is 4.13. The van der Waals surface area contributed by atoms with Gasteiger partial charge in [0.25, 0.3) is 0 Å². The molecule has 0 radical (unpaired) electrons. The van der Waals surface area contributed by atoms with E-state index in [4.69, 9.17) is 9.47 Å². The maximum Gasteiger partial charge on any atom is 0.331 e. The highest BCUT2D eigenvalue weighted by Gasteiger charge is 2.50. The number of fused-ring (bicyclic) bond motifs is 1. The van der Waals surface area contributed by atoms with E-state index in [2.05, 4.69) is 0 Å². The standard InChI is InChI=1S/C17H24O10/c18-4-6-3-8(20)12-7(16(24)25)1-2-9(11(6)12)26-17-15(23)14(22)13(21)10(5-19)27-17/h1,3,8-15,17-23H,2,4-5H2,(H,24,25). The molecule has 1 aliphatic heterocycles. The molecule has 0 saturated carbocycles. The Morgan fingerprint density at radius 3 is 2.41 bits per heavy atom. The summed E-state index contributed by atoms with van der Waals surface area (Å²) in [7, 11) is 0. The summed E-state index contributed by atoms with van der Waals surface area (Å²) < 4.78 is 11.1. The lowest BCUT2D eigenvalue weighted by Crippen LogP contribution is -2.60. The van der Waals surface area contributed by atoms with Crippen molar-refractivity contribution in [2.24, 2.45) is 11.8 Å². The number of carboxylic acid groups (broad SMARTS) is 1. The van der Waals surface area contributed by atoms with Gasteiger partial charge in [0.1, 0.15) is 24.4 Å². The Morgan fingerprint density at radius 2 is 1.81 bits per heavy atom. The zero-order valence-corrected chi connectivity index (χ0v) is 14.3. The van der Waals surface area contributed by atoms with E-state index in [-0.39, 0.29) is 12.0 Å². The van der Waals surface area contributed by atoms with Crippen LogP contribution in [0.25, 0.3) is 0 Å². The van der Waals surface area contributed by atoms with Gasteiger partial charge in [-0.25, -0.2) is 4.79 Å². The van der Waals surface area contributed by atoms with Gasteiger partial charge < -0.3 is 45.2 Å². The highest BCUT2D eigenvalue weighted by Crippen LogP contribution is 2.45. The van der Waals surface area contributed by atoms with E-state index in [0.717, 1.165) is 0 Å². The van der Waals surface area contributed by atoms with Gasteiger partial charge in [0.2, 0.25) is 0 Å². The molecule has 27 heavy (non-hydrogen) atoms. The first-order valence-electron chi connectivity index (χ1n) is 8.69. The Balaban J connectivity index is 1.84. The van der Waals surface area contributed by atoms with Crippen molar-refractivity contribution in [1.29, 1.82) is 0 Å². The lowest BCUT2D eigenvalue weighted by Gasteiger charge is -2.43. The normalized spacial score (nSPS) is 44.4. The highest BCUT2D eigenvalue weighted by atomic mass is 16.7. The molecule has 3 aliphatic rings. The molecule has 0 aromatic rings. The van der Waals surface area contributed by atoms with E-state index < -0.39 is 73.9 Å². The molecule has 2 aliphatic carbocycles. The number of hydrogen-bond donors (Lipinski definition) is 7. The van der Waals surface area contributed by atoms with Crippen LogP contribution in [0.5, 0.6) is 0 Å². The van der Waals surface area contributed by atoms with Crippen LogP contribution in [-0.2, 0) is 14.3 Å². The lowest BCUT2D eigenvalue weighted by molar-refractivity contribution is -0.315. The smallest absolute Gasteiger partial charge is 0.331 e. The quantitative estimate of drug-likeness (QED) is 0.242. The minimum atomic E-state index is -1.60. The summed E-state index contributed by atoms with van der Waals surface area (Å²) in [6, 6.07) is 0. The number of carbonyl (C=O) groups is 1. The zero-order valence-electron chi connectivity index (χ0n) is 14.3. The summed E-state index contributed by atoms with van der Waals surface area (Å²) in [6.07, 6.45) is -6.20. The summed E-state index contributed by atoms with van der Waals surface area (Å²) in [4.78, 5) is 11.5. The average molecular weight is 388 g/mol. The average Bonchev–Trinajstić information content (AvgIpc) is 2.99. The van der Waals surface area contributed by atoms with Crippen LogP contribution in [0.1, 0.15) is 6.42 Å². The lowest BCUT2D eigenvalue weighted by atomic mass is 9.75. The Hall–Kier alpha value is -1.37. The van der Waals surface area contributed by atoms with Gasteiger partial charge in [-0.2, -0.15) is 0 Å². The van der Waals surface area contributed by atoms with Crippen molar-refractivity contribution in [2.45, 2.75) is 49.3 Å². The van der Waals surface area contributed by atoms with E-state index in [0.29, 0.717) is 5.57 Å². The van der Waals surface area contributed by atoms with Crippen molar-refractivity contribution in [3.63, 3.8) is 0 Å². The first kappa shape index (κ1) is 20.4. The Bertz CT molecular complexity index is 629. The molecular weight excluding hydrogens is 364 g/mol. The minimum Gasteiger partial charge on any atom is -0.478 e. The van der Waals surface area contributed by atoms with E-state index in [1.165, 1.54) is 12.2 Å². The Kier molecular flexibility index (Phi) is 5.99. The number of aliphatic carboxylic acids is 1. The van der Waals surface area contributed by atoms with E-state index in [1.54, 1.807) is 0 Å². The Labute approximate surface area is 154 Å². The molecule has 10 nitrogen and oxygen atoms in total. The maximum atomic E-state index is 11.5. The molecule has 152 valence electrons. The monoisotopic (exact) mass is 388 g/mol. The van der Waals surface area contributed by atoms with Gasteiger partial charge in [0, 0.05) is 17.4 Å². The van der Waals surface area contributed by atoms with E-state index >= 15 is 0 Å². The topological polar surface area (TPSA) is 177 Å². The van der Waals surface area contributed by atoms with E-state index in [1.807, 2.05) is 0 Å². The van der Waals surface area contributed by atoms with Crippen molar-refractivity contribution < 1.29 is 50.0 Å². The summed E-state index contributed by atoms with van der Waals surface area (Å²) in [5.74, 6) is -2.66. The number of carboxylic acids is 1. The van der Waals surface area contributed by atoms with Crippen LogP contribution in [-0.4, -0.2) is 97.8 Å². The van der Waals surface area contributed by atoms with Crippen LogP contribution in [0.3, 0.4) is 0 Å². The number of aliphatic hydroxyl groups is 6. The second-order valence-corrected chi connectivity index (χ2v) is 7.01. The van der Waals surface area contributed by atoms with Crippen LogP contribution < -0.4 is 0 Å². The maximum absolute atomic E-state index is 11.5. The molecule has 3 rings (SSSR count). The molecule has 9 atom stereocenters. The zero-order chi connectivity index (χ0) is 19.9. The van der Waals surface area contributed by atoms with Gasteiger partial charge in [0.05, 0.1) is 25.4 Å². The number of rotatable bonds is 5. The second-order valence-electron chi connectivity index (χ2n) is 7.01. The fraction of sp³-hybridized carbons (Fsp3) is 0.706. The van der Waals surface area contributed by atoms with Crippen molar-refractivity contribution in [3.05, 3.63) is 23.3 Å². The minimum absolute atomic E-state index is 0.0147. The molecule has 7 N–H and O–H groups in total. The van der Waals surface area contributed by atoms with Crippen molar-refractivity contribution >= 4 is 5.97 Å². The molecule has 0 amide bonds. The summed E-state index contributed by atoms with van der Waals surface area (Å²) in [6.45, 7) is -1.01. The van der Waals surface area contributed by atoms with Crippen LogP contribution >= 0.6 is 0 Å². The highest BCUT2D eigenvalue weighted by molar-refractivity contribution is 5.88. The number of ether oxygens (including phenoxy) is 2. The first-order valence-corrected chi connectivity index (χ1v) is 8.69. The van der Waals surface area contributed by atoms with Crippen molar-refractivity contribution in [3.8, 4) is 0 Å². The third kappa shape index (κ3) is 3.55. The molecule has 1 fully saturated rings.